The van der Waals surface area contributed by atoms with Gasteiger partial charge in [-0.2, -0.15) is 0 Å². The van der Waals surface area contributed by atoms with Crippen molar-refractivity contribution in [2.24, 2.45) is 0 Å². The molecule has 0 bridgehead atoms. The first-order chi connectivity index (χ1) is 6.74. The number of rotatable bonds is 5. The van der Waals surface area contributed by atoms with Crippen molar-refractivity contribution in [1.82, 2.24) is 0 Å². The van der Waals surface area contributed by atoms with Gasteiger partial charge in [0.2, 0.25) is 0 Å². The molecule has 0 heterocycles. The van der Waals surface area contributed by atoms with Crippen molar-refractivity contribution in [1.29, 1.82) is 0 Å². The number of halogens is 1. The summed E-state index contributed by atoms with van der Waals surface area (Å²) in [4.78, 5) is 0. The molecule has 0 spiro atoms. The Kier molecular flexibility index (Phi) is 4.98. The molecule has 0 atom stereocenters. The van der Waals surface area contributed by atoms with Crippen LogP contribution in [0.4, 0.5) is 0 Å². The first-order valence-electron chi connectivity index (χ1n) is 4.70. The van der Waals surface area contributed by atoms with Gasteiger partial charge in [-0.15, -0.1) is 0 Å². The predicted octanol–water partition coefficient (Wildman–Crippen LogP) is 3.17. The highest BCUT2D eigenvalue weighted by Crippen LogP contribution is 2.21. The molecule has 3 heteroatoms. The lowest BCUT2D eigenvalue weighted by Crippen LogP contribution is -2.06. The number of hydrogen-bond acceptors (Lipinski definition) is 2. The maximum atomic E-state index is 5.50. The summed E-state index contributed by atoms with van der Waals surface area (Å²) < 4.78 is 11.8. The Labute approximate surface area is 93.4 Å². The van der Waals surface area contributed by atoms with E-state index < -0.39 is 0 Å². The highest BCUT2D eigenvalue weighted by atomic mass is 79.9. The SMILES string of the molecule is CCOCCOc1ccc(Br)c(C)c1. The smallest absolute Gasteiger partial charge is 0.119 e. The van der Waals surface area contributed by atoms with E-state index >= 15 is 0 Å². The zero-order valence-corrected chi connectivity index (χ0v) is 10.1. The van der Waals surface area contributed by atoms with Gasteiger partial charge in [0.05, 0.1) is 6.61 Å². The molecule has 0 radical (unpaired) electrons. The Hall–Kier alpha value is -0.540. The molecule has 0 saturated heterocycles. The molecule has 0 saturated carbocycles. The molecular formula is C11H15BrO2. The zero-order valence-electron chi connectivity index (χ0n) is 8.55. The Morgan fingerprint density at radius 3 is 2.71 bits per heavy atom. The van der Waals surface area contributed by atoms with Crippen LogP contribution in [0.5, 0.6) is 5.75 Å². The van der Waals surface area contributed by atoms with Crippen LogP contribution in [0.2, 0.25) is 0 Å². The van der Waals surface area contributed by atoms with Crippen LogP contribution in [0.1, 0.15) is 12.5 Å². The minimum absolute atomic E-state index is 0.606. The summed E-state index contributed by atoms with van der Waals surface area (Å²) in [5, 5.41) is 0. The van der Waals surface area contributed by atoms with Crippen LogP contribution in [0.3, 0.4) is 0 Å². The van der Waals surface area contributed by atoms with Crippen LogP contribution in [-0.4, -0.2) is 19.8 Å². The molecule has 0 amide bonds. The van der Waals surface area contributed by atoms with Gasteiger partial charge in [0.25, 0.3) is 0 Å². The van der Waals surface area contributed by atoms with Crippen LogP contribution in [0.15, 0.2) is 22.7 Å². The van der Waals surface area contributed by atoms with Gasteiger partial charge in [-0.3, -0.25) is 0 Å². The summed E-state index contributed by atoms with van der Waals surface area (Å²) in [6.07, 6.45) is 0. The fraction of sp³-hybridized carbons (Fsp3) is 0.455. The Balaban J connectivity index is 2.39. The molecule has 78 valence electrons. The molecule has 1 aromatic rings. The second kappa shape index (κ2) is 6.04. The van der Waals surface area contributed by atoms with Gasteiger partial charge in [-0.1, -0.05) is 15.9 Å². The third-order valence-corrected chi connectivity index (χ3v) is 2.72. The molecule has 0 aliphatic carbocycles. The molecule has 0 aromatic heterocycles. The number of hydrogen-bond donors (Lipinski definition) is 0. The molecule has 0 unspecified atom stereocenters. The second-order valence-corrected chi connectivity index (χ2v) is 3.81. The van der Waals surface area contributed by atoms with Crippen molar-refractivity contribution >= 4 is 15.9 Å². The van der Waals surface area contributed by atoms with E-state index in [1.54, 1.807) is 0 Å². The van der Waals surface area contributed by atoms with Crippen LogP contribution >= 0.6 is 15.9 Å². The standard InChI is InChI=1S/C11H15BrO2/c1-3-13-6-7-14-10-4-5-11(12)9(2)8-10/h4-5,8H,3,6-7H2,1-2H3. The molecule has 0 aliphatic rings. The molecule has 1 aromatic carbocycles. The lowest BCUT2D eigenvalue weighted by molar-refractivity contribution is 0.110. The summed E-state index contributed by atoms with van der Waals surface area (Å²) in [5.74, 6) is 0.894. The Bertz CT molecular complexity index is 287. The normalized spacial score (nSPS) is 10.2. The van der Waals surface area contributed by atoms with Crippen molar-refractivity contribution in [3.8, 4) is 5.75 Å². The molecule has 1 rings (SSSR count). The minimum atomic E-state index is 0.606. The van der Waals surface area contributed by atoms with Crippen LogP contribution in [0, 0.1) is 6.92 Å². The predicted molar refractivity (Wildman–Crippen MR) is 60.9 cm³/mol. The first kappa shape index (κ1) is 11.5. The molecule has 0 N–H and O–H groups in total. The monoisotopic (exact) mass is 258 g/mol. The fourth-order valence-electron chi connectivity index (χ4n) is 1.07. The third kappa shape index (κ3) is 3.68. The van der Waals surface area contributed by atoms with Gasteiger partial charge in [-0.05, 0) is 37.6 Å². The first-order valence-corrected chi connectivity index (χ1v) is 5.50. The van der Waals surface area contributed by atoms with E-state index in [9.17, 15) is 0 Å². The van der Waals surface area contributed by atoms with E-state index in [0.29, 0.717) is 13.2 Å². The lowest BCUT2D eigenvalue weighted by atomic mass is 10.2. The van der Waals surface area contributed by atoms with E-state index in [1.165, 1.54) is 5.56 Å². The second-order valence-electron chi connectivity index (χ2n) is 2.96. The van der Waals surface area contributed by atoms with Crippen LogP contribution in [0.25, 0.3) is 0 Å². The highest BCUT2D eigenvalue weighted by Gasteiger charge is 1.97. The number of ether oxygens (including phenoxy) is 2. The van der Waals surface area contributed by atoms with Crippen molar-refractivity contribution in [2.75, 3.05) is 19.8 Å². The van der Waals surface area contributed by atoms with Crippen molar-refractivity contribution in [3.05, 3.63) is 28.2 Å². The number of benzene rings is 1. The van der Waals surface area contributed by atoms with Gasteiger partial charge < -0.3 is 9.47 Å². The van der Waals surface area contributed by atoms with Crippen molar-refractivity contribution < 1.29 is 9.47 Å². The van der Waals surface area contributed by atoms with Crippen LogP contribution < -0.4 is 4.74 Å². The summed E-state index contributed by atoms with van der Waals surface area (Å²) in [5.41, 5.74) is 1.18. The topological polar surface area (TPSA) is 18.5 Å². The summed E-state index contributed by atoms with van der Waals surface area (Å²) in [7, 11) is 0. The maximum Gasteiger partial charge on any atom is 0.119 e. The quantitative estimate of drug-likeness (QED) is 0.756. The van der Waals surface area contributed by atoms with Gasteiger partial charge >= 0.3 is 0 Å². The van der Waals surface area contributed by atoms with E-state index in [0.717, 1.165) is 16.8 Å². The summed E-state index contributed by atoms with van der Waals surface area (Å²) >= 11 is 3.44. The molecular weight excluding hydrogens is 244 g/mol. The van der Waals surface area contributed by atoms with Crippen LogP contribution in [-0.2, 0) is 4.74 Å². The lowest BCUT2D eigenvalue weighted by Gasteiger charge is -2.07. The van der Waals surface area contributed by atoms with Gasteiger partial charge in [-0.25, -0.2) is 0 Å². The third-order valence-electron chi connectivity index (χ3n) is 1.83. The van der Waals surface area contributed by atoms with Gasteiger partial charge in [0, 0.05) is 11.1 Å². The molecule has 0 aliphatic heterocycles. The molecule has 14 heavy (non-hydrogen) atoms. The summed E-state index contributed by atoms with van der Waals surface area (Å²) in [6.45, 7) is 6.01. The highest BCUT2D eigenvalue weighted by molar-refractivity contribution is 9.10. The average Bonchev–Trinajstić information content (AvgIpc) is 2.18. The van der Waals surface area contributed by atoms with E-state index in [1.807, 2.05) is 32.0 Å². The fourth-order valence-corrected chi connectivity index (χ4v) is 1.32. The largest absolute Gasteiger partial charge is 0.491 e. The molecule has 0 fully saturated rings. The Morgan fingerprint density at radius 2 is 2.07 bits per heavy atom. The maximum absolute atomic E-state index is 5.50. The Morgan fingerprint density at radius 1 is 1.29 bits per heavy atom. The van der Waals surface area contributed by atoms with E-state index in [2.05, 4.69) is 15.9 Å². The average molecular weight is 259 g/mol. The van der Waals surface area contributed by atoms with E-state index in [4.69, 9.17) is 9.47 Å². The van der Waals surface area contributed by atoms with Crippen molar-refractivity contribution in [2.45, 2.75) is 13.8 Å². The molecule has 2 nitrogen and oxygen atoms in total. The van der Waals surface area contributed by atoms with Gasteiger partial charge in [0.1, 0.15) is 12.4 Å². The zero-order chi connectivity index (χ0) is 10.4. The van der Waals surface area contributed by atoms with Crippen molar-refractivity contribution in [3.63, 3.8) is 0 Å². The minimum Gasteiger partial charge on any atom is -0.491 e. The van der Waals surface area contributed by atoms with Gasteiger partial charge in [0.15, 0.2) is 0 Å². The summed E-state index contributed by atoms with van der Waals surface area (Å²) in [6, 6.07) is 5.95. The van der Waals surface area contributed by atoms with E-state index in [-0.39, 0.29) is 0 Å². The number of aryl methyl sites for hydroxylation is 1.